The average Bonchev–Trinajstić information content (AvgIpc) is 3.12. The van der Waals surface area contributed by atoms with Crippen LogP contribution in [0.3, 0.4) is 0 Å². The summed E-state index contributed by atoms with van der Waals surface area (Å²) in [5.41, 5.74) is 0. The Morgan fingerprint density at radius 2 is 0.253 bits per heavy atom. The normalized spacial score (nSPS) is 6.19. The van der Waals surface area contributed by atoms with Crippen molar-refractivity contribution in [2.24, 2.45) is 0 Å². The predicted octanol–water partition coefficient (Wildman–Crippen LogP) is -19.5. The summed E-state index contributed by atoms with van der Waals surface area (Å²) >= 11 is 0. The first-order valence-corrected chi connectivity index (χ1v) is 20.9. The predicted molar refractivity (Wildman–Crippen MR) is 249 cm³/mol. The molecule has 0 aromatic carbocycles. The molecule has 0 fully saturated rings. The molecule has 0 spiro atoms. The third-order valence-corrected chi connectivity index (χ3v) is 3.00. The maximum absolute atomic E-state index is 9.81. The second-order valence-electron chi connectivity index (χ2n) is 13.3. The van der Waals surface area contributed by atoms with Crippen LogP contribution >= 0.6 is 0 Å². The van der Waals surface area contributed by atoms with Crippen molar-refractivity contribution < 1.29 is 414 Å². The van der Waals surface area contributed by atoms with Gasteiger partial charge < -0.3 is 208 Å². The second kappa shape index (κ2) is 226. The standard InChI is InChI=1S/4C5H12NO.12C2H4O2.4Cu.H2O.8O.6Zr/c4*1-6(2)4-3-5-7;12*1-2(3)4;;;;;;;;;;;;;;;;;;;/h4*3-5H2,1-2H3;12*1H3,(H,3,4);;;;;1H2;;;;;;;;;;;;;;/q4*-1;;;;;;;;;;;;;4*+2;;8*-2;6*+4/p-12. The van der Waals surface area contributed by atoms with Gasteiger partial charge in [0, 0.05) is 71.6 Å². The number of carboxylic acids is 12. The van der Waals surface area contributed by atoms with Crippen LogP contribution in [0, 0.1) is 0 Å². The van der Waals surface area contributed by atoms with Gasteiger partial charge in [-0.15, -0.1) is 26.4 Å². The van der Waals surface area contributed by atoms with Gasteiger partial charge in [-0.2, -0.15) is 0 Å². The topological polar surface area (TPSA) is 846 Å². The minimum Gasteiger partial charge on any atom is -2.00 e. The van der Waals surface area contributed by atoms with Crippen molar-refractivity contribution in [3.63, 3.8) is 0 Å². The molecule has 0 aromatic heterocycles. The van der Waals surface area contributed by atoms with Crippen LogP contribution in [-0.4, -0.2) is 206 Å². The Kier molecular flexibility index (Phi) is 554. The zero-order valence-corrected chi connectivity index (χ0v) is 74.2. The van der Waals surface area contributed by atoms with Crippen LogP contribution in [0.2, 0.25) is 0 Å². The second-order valence-corrected chi connectivity index (χ2v) is 13.3. The molecule has 51 heteroatoms. The van der Waals surface area contributed by atoms with Crippen molar-refractivity contribution >= 4 is 71.6 Å². The van der Waals surface area contributed by atoms with Crippen LogP contribution in [0.25, 0.3) is 0 Å². The Morgan fingerprint density at radius 1 is 0.211 bits per heavy atom. The van der Waals surface area contributed by atoms with E-state index in [2.05, 4.69) is 0 Å². The zero-order valence-electron chi connectivity index (χ0n) is 55.7. The molecule has 0 heterocycles. The summed E-state index contributed by atoms with van der Waals surface area (Å²) in [7, 11) is 15.7. The smallest absolute Gasteiger partial charge is 2.00 e. The van der Waals surface area contributed by atoms with E-state index in [1.807, 2.05) is 76.0 Å². The SMILES string of the molecule is CC(=O)[O-].CC(=O)[O-].CC(=O)[O-].CC(=O)[O-].CC(=O)[O-].CC(=O)[O-].CC(=O)[O-].CC(=O)[O-].CC(=O)[O-].CC(=O)[O-].CC(=O)[O-].CC(=O)[O-].CN(C)CCC[O-].CN(C)CCC[O-].CN(C)CCC[O-].CN(C)CCC[O-].O.[Cu+2].[Cu+2].[Cu+2].[Cu+2].[O-2].[O-2].[O-2].[O-2].[O-2].[O-2].[O-2].[O-2].[Zr+4].[Zr+4].[Zr+4].[Zr+4].[Zr+4].[Zr+4]. The number of rotatable bonds is 12. The fourth-order valence-electron chi connectivity index (χ4n) is 1.52. The fourth-order valence-corrected chi connectivity index (χ4v) is 1.52. The minimum atomic E-state index is -1.08. The molecule has 572 valence electrons. The molecule has 95 heavy (non-hydrogen) atoms. The van der Waals surface area contributed by atoms with Crippen LogP contribution in [0.15, 0.2) is 0 Å². The fraction of sp³-hybridized carbons (Fsp3) is 0.727. The molecule has 0 saturated heterocycles. The summed E-state index contributed by atoms with van der Waals surface area (Å²) in [6, 6.07) is 0. The number of carboxylic acid groups (broad SMARTS) is 12. The van der Waals surface area contributed by atoms with Crippen LogP contribution in [0.1, 0.15) is 109 Å². The molecule has 0 aliphatic carbocycles. The van der Waals surface area contributed by atoms with Crippen LogP contribution in [0.5, 0.6) is 0 Å². The molecule has 0 amide bonds. The van der Waals surface area contributed by atoms with Crippen molar-refractivity contribution in [1.82, 2.24) is 19.6 Å². The van der Waals surface area contributed by atoms with E-state index in [1.54, 1.807) is 0 Å². The van der Waals surface area contributed by atoms with E-state index in [1.165, 1.54) is 0 Å². The summed E-state index contributed by atoms with van der Waals surface area (Å²) < 4.78 is 0. The Labute approximate surface area is 714 Å². The Hall–Kier alpha value is 0.337. The van der Waals surface area contributed by atoms with Crippen molar-refractivity contribution in [2.45, 2.75) is 109 Å². The Morgan fingerprint density at radius 3 is 0.263 bits per heavy atom. The van der Waals surface area contributed by atoms with Crippen molar-refractivity contribution in [2.75, 3.05) is 109 Å². The number of hydrogen-bond donors (Lipinski definition) is 0. The maximum atomic E-state index is 9.81. The average molecular weight is 2060 g/mol. The molecule has 41 nitrogen and oxygen atoms in total. The summed E-state index contributed by atoms with van der Waals surface area (Å²) in [5.74, 6) is -13.0. The van der Waals surface area contributed by atoms with Gasteiger partial charge in [0.25, 0.3) is 0 Å². The molecule has 0 aliphatic rings. The molecule has 0 aliphatic heterocycles. The minimum absolute atomic E-state index is 0. The molecular weight excluding hydrogens is 1980 g/mol. The number of aliphatic carboxylic acids is 12. The molecule has 0 atom stereocenters. The van der Waals surface area contributed by atoms with Crippen LogP contribution in [-0.2, 0) is 327 Å². The van der Waals surface area contributed by atoms with E-state index in [0.29, 0.717) is 0 Å². The van der Waals surface area contributed by atoms with Crippen molar-refractivity contribution in [1.29, 1.82) is 0 Å². The van der Waals surface area contributed by atoms with Crippen LogP contribution in [0.4, 0.5) is 0 Å². The number of nitrogens with zero attached hydrogens (tertiary/aromatic N) is 4. The van der Waals surface area contributed by atoms with Gasteiger partial charge in [-0.3, -0.25) is 0 Å². The molecule has 0 aromatic rings. The first-order valence-electron chi connectivity index (χ1n) is 20.9. The largest absolute Gasteiger partial charge is 4.00 e. The molecule has 0 bridgehead atoms. The van der Waals surface area contributed by atoms with E-state index in [0.717, 1.165) is 135 Å². The number of carbonyl (C=O) groups excluding carboxylic acids is 12. The summed E-state index contributed by atoms with van der Waals surface area (Å²) in [5, 5.41) is 146. The Bertz CT molecular complexity index is 1010. The third-order valence-electron chi connectivity index (χ3n) is 3.00. The van der Waals surface area contributed by atoms with Gasteiger partial charge >= 0.3 is 225 Å². The van der Waals surface area contributed by atoms with Crippen molar-refractivity contribution in [3.8, 4) is 0 Å². The van der Waals surface area contributed by atoms with E-state index in [4.69, 9.17) is 119 Å². The van der Waals surface area contributed by atoms with Gasteiger partial charge in [-0.05, 0) is 166 Å². The van der Waals surface area contributed by atoms with E-state index in [9.17, 15) is 20.4 Å². The first-order chi connectivity index (χ1) is 33.9. The van der Waals surface area contributed by atoms with Gasteiger partial charge in [0.2, 0.25) is 0 Å². The van der Waals surface area contributed by atoms with Gasteiger partial charge in [-0.25, -0.2) is 0 Å². The first kappa shape index (κ1) is 233. The van der Waals surface area contributed by atoms with Gasteiger partial charge in [0.1, 0.15) is 0 Å². The van der Waals surface area contributed by atoms with E-state index in [-0.39, 0.29) is 301 Å². The number of carbonyl (C=O) groups is 12. The zero-order chi connectivity index (χ0) is 65.7. The summed E-state index contributed by atoms with van der Waals surface area (Å²) in [4.78, 5) is 115. The Balaban J connectivity index is -0.0000000122. The van der Waals surface area contributed by atoms with E-state index >= 15 is 0 Å². The number of hydrogen-bond acceptors (Lipinski definition) is 32. The molecule has 0 rings (SSSR count). The molecule has 2 N–H and O–H groups in total. The van der Waals surface area contributed by atoms with Crippen molar-refractivity contribution in [3.05, 3.63) is 0 Å². The third kappa shape index (κ3) is 3010. The summed E-state index contributed by atoms with van der Waals surface area (Å²) in [6.07, 6.45) is 3.08. The van der Waals surface area contributed by atoms with Gasteiger partial charge in [-0.1, -0.05) is 25.7 Å². The molecule has 0 saturated carbocycles. The summed E-state index contributed by atoms with van der Waals surface area (Å²) in [6.45, 7) is 15.6. The van der Waals surface area contributed by atoms with E-state index < -0.39 is 71.6 Å². The van der Waals surface area contributed by atoms with Crippen LogP contribution < -0.4 is 81.7 Å². The molecule has 4 radical (unpaired) electrons. The monoisotopic (exact) mass is 2050 g/mol. The molecular formula is C44H86Cu4N4O37Zr6. The molecule has 0 unspecified atom stereocenters. The van der Waals surface area contributed by atoms with Gasteiger partial charge in [0.15, 0.2) is 0 Å². The quantitative estimate of drug-likeness (QED) is 0.164. The maximum Gasteiger partial charge on any atom is 4.00 e. The van der Waals surface area contributed by atoms with Gasteiger partial charge in [0.05, 0.1) is 0 Å².